The Morgan fingerprint density at radius 3 is 2.10 bits per heavy atom. The highest BCUT2D eigenvalue weighted by Gasteiger charge is 2.40. The van der Waals surface area contributed by atoms with Crippen LogP contribution in [0.4, 0.5) is 0 Å². The van der Waals surface area contributed by atoms with E-state index in [9.17, 15) is 13.5 Å². The van der Waals surface area contributed by atoms with Crippen molar-refractivity contribution in [3.05, 3.63) is 10.4 Å². The fourth-order valence-electron chi connectivity index (χ4n) is 1.20. The number of hydrogen-bond donors (Lipinski definition) is 2. The fourth-order valence-corrected chi connectivity index (χ4v) is 7.16. The number of hydrogen-bond acceptors (Lipinski definition) is 5. The van der Waals surface area contributed by atoms with E-state index in [2.05, 4.69) is 9.37 Å². The van der Waals surface area contributed by atoms with E-state index in [1.165, 1.54) is 5.38 Å². The van der Waals surface area contributed by atoms with Gasteiger partial charge in [-0.05, 0) is 18.9 Å². The lowest BCUT2D eigenvalue weighted by Crippen LogP contribution is -2.54. The molecule has 116 valence electrons. The number of thiazole rings is 1. The van der Waals surface area contributed by atoms with Gasteiger partial charge < -0.3 is 5.11 Å². The first-order chi connectivity index (χ1) is 8.67. The zero-order valence-corrected chi connectivity index (χ0v) is 15.7. The maximum absolute atomic E-state index is 12.4. The van der Waals surface area contributed by atoms with E-state index >= 15 is 0 Å². The molecule has 0 saturated heterocycles. The predicted octanol–water partition coefficient (Wildman–Crippen LogP) is 2.65. The van der Waals surface area contributed by atoms with Crippen LogP contribution >= 0.6 is 11.3 Å². The second kappa shape index (κ2) is 5.17. The van der Waals surface area contributed by atoms with E-state index in [-0.39, 0.29) is 10.1 Å². The molecule has 5 nitrogen and oxygen atoms in total. The predicted molar refractivity (Wildman–Crippen MR) is 84.9 cm³/mol. The molecule has 0 saturated carbocycles. The average molecular weight is 337 g/mol. The Hall–Kier alpha value is -0.283. The lowest BCUT2D eigenvalue weighted by Gasteiger charge is -2.36. The molecule has 0 aliphatic rings. The number of aliphatic hydroxyl groups is 1. The summed E-state index contributed by atoms with van der Waals surface area (Å²) in [4.78, 5) is 4.06. The van der Waals surface area contributed by atoms with Gasteiger partial charge in [-0.1, -0.05) is 33.9 Å². The third-order valence-corrected chi connectivity index (χ3v) is 12.5. The van der Waals surface area contributed by atoms with Crippen molar-refractivity contribution in [2.45, 2.75) is 63.4 Å². The first-order valence-corrected chi connectivity index (χ1v) is 11.8. The third-order valence-electron chi connectivity index (χ3n) is 3.55. The average Bonchev–Trinajstić information content (AvgIpc) is 2.61. The van der Waals surface area contributed by atoms with E-state index in [0.717, 1.165) is 11.3 Å². The highest BCUT2D eigenvalue weighted by molar-refractivity contribution is 7.91. The molecule has 1 aromatic rings. The summed E-state index contributed by atoms with van der Waals surface area (Å²) < 4.78 is 27.7. The van der Waals surface area contributed by atoms with Crippen molar-refractivity contribution in [3.8, 4) is 0 Å². The Morgan fingerprint density at radius 2 is 1.75 bits per heavy atom. The van der Waals surface area contributed by atoms with Crippen molar-refractivity contribution < 1.29 is 13.5 Å². The van der Waals surface area contributed by atoms with Crippen LogP contribution in [0.1, 0.15) is 39.6 Å². The number of nitrogens with zero attached hydrogens (tertiary/aromatic N) is 1. The summed E-state index contributed by atoms with van der Waals surface area (Å²) in [5.74, 6) is 0. The van der Waals surface area contributed by atoms with Crippen molar-refractivity contribution in [1.29, 1.82) is 0 Å². The zero-order chi connectivity index (χ0) is 16.0. The van der Waals surface area contributed by atoms with Crippen molar-refractivity contribution in [2.75, 3.05) is 0 Å². The van der Waals surface area contributed by atoms with Gasteiger partial charge >= 0.3 is 0 Å². The first-order valence-electron chi connectivity index (χ1n) is 6.39. The molecule has 0 aliphatic heterocycles. The van der Waals surface area contributed by atoms with Crippen LogP contribution in [0.15, 0.2) is 10.4 Å². The van der Waals surface area contributed by atoms with Gasteiger partial charge in [0.05, 0.1) is 0 Å². The number of nitrogens with one attached hydrogen (secondary N) is 1. The molecule has 0 spiro atoms. The van der Waals surface area contributed by atoms with Crippen molar-refractivity contribution in [2.24, 2.45) is 0 Å². The van der Waals surface area contributed by atoms with Crippen molar-refractivity contribution in [1.82, 2.24) is 9.37 Å². The molecule has 2 N–H and O–H groups in total. The Balaban J connectivity index is 3.10. The van der Waals surface area contributed by atoms with Gasteiger partial charge in [-0.3, -0.25) is 0 Å². The Kier molecular flexibility index (Phi) is 4.59. The minimum absolute atomic E-state index is 0.00977. The van der Waals surface area contributed by atoms with E-state index < -0.39 is 23.9 Å². The Labute approximate surface area is 126 Å². The third kappa shape index (κ3) is 3.88. The first kappa shape index (κ1) is 17.8. The monoisotopic (exact) mass is 336 g/mol. The van der Waals surface area contributed by atoms with Crippen LogP contribution in [0, 0.1) is 0 Å². The van der Waals surface area contributed by atoms with Crippen LogP contribution in [-0.2, 0) is 15.6 Å². The minimum Gasteiger partial charge on any atom is -0.383 e. The van der Waals surface area contributed by atoms with Crippen LogP contribution in [-0.4, -0.2) is 26.7 Å². The van der Waals surface area contributed by atoms with Gasteiger partial charge in [0.15, 0.2) is 5.03 Å². The highest BCUT2D eigenvalue weighted by atomic mass is 32.2. The molecule has 0 fully saturated rings. The van der Waals surface area contributed by atoms with E-state index in [1.807, 2.05) is 33.9 Å². The summed E-state index contributed by atoms with van der Waals surface area (Å²) in [5.41, 5.74) is -1.13. The second-order valence-corrected chi connectivity index (χ2v) is 14.9. The second-order valence-electron chi connectivity index (χ2n) is 7.03. The SMILES string of the molecule is CC(C)(O)c1nc(S(=O)(=O)N[Si](C)(C)C(C)(C)C)cs1. The molecule has 0 aliphatic carbocycles. The van der Waals surface area contributed by atoms with Gasteiger partial charge in [-0.15, -0.1) is 11.3 Å². The van der Waals surface area contributed by atoms with Crippen LogP contribution in [0.2, 0.25) is 18.1 Å². The largest absolute Gasteiger partial charge is 0.383 e. The number of aromatic nitrogens is 1. The molecule has 20 heavy (non-hydrogen) atoms. The van der Waals surface area contributed by atoms with E-state index in [4.69, 9.17) is 0 Å². The van der Waals surface area contributed by atoms with Gasteiger partial charge in [-0.2, -0.15) is 0 Å². The summed E-state index contributed by atoms with van der Waals surface area (Å²) in [5, 5.41) is 11.6. The van der Waals surface area contributed by atoms with Gasteiger partial charge in [-0.25, -0.2) is 17.8 Å². The fraction of sp³-hybridized carbons (Fsp3) is 0.750. The molecular weight excluding hydrogens is 312 g/mol. The maximum Gasteiger partial charge on any atom is 0.252 e. The lowest BCUT2D eigenvalue weighted by atomic mass is 10.2. The van der Waals surface area contributed by atoms with E-state index in [0.29, 0.717) is 5.01 Å². The maximum atomic E-state index is 12.4. The molecule has 1 rings (SSSR count). The molecular formula is C12H24N2O3S2Si. The molecule has 0 radical (unpaired) electrons. The molecule has 1 aromatic heterocycles. The van der Waals surface area contributed by atoms with Crippen LogP contribution in [0.3, 0.4) is 0 Å². The summed E-state index contributed by atoms with van der Waals surface area (Å²) in [6, 6.07) is 0. The standard InChI is InChI=1S/C12H24N2O3S2Si/c1-11(2,3)20(6,7)14-19(16,17)9-8-18-10(13-9)12(4,5)15/h8,14-15H,1-7H3. The zero-order valence-electron chi connectivity index (χ0n) is 13.1. The van der Waals surface area contributed by atoms with E-state index in [1.54, 1.807) is 13.8 Å². The van der Waals surface area contributed by atoms with Gasteiger partial charge in [0.2, 0.25) is 0 Å². The quantitative estimate of drug-likeness (QED) is 0.829. The molecule has 0 aromatic carbocycles. The summed E-state index contributed by atoms with van der Waals surface area (Å²) in [6.45, 7) is 13.2. The van der Waals surface area contributed by atoms with Crippen LogP contribution in [0.5, 0.6) is 0 Å². The topological polar surface area (TPSA) is 79.3 Å². The molecule has 0 unspecified atom stereocenters. The van der Waals surface area contributed by atoms with Crippen LogP contribution < -0.4 is 4.39 Å². The van der Waals surface area contributed by atoms with Crippen LogP contribution in [0.25, 0.3) is 0 Å². The minimum atomic E-state index is -3.64. The Morgan fingerprint density at radius 1 is 1.25 bits per heavy atom. The molecule has 0 amide bonds. The summed E-state index contributed by atoms with van der Waals surface area (Å²) >= 11 is 1.15. The van der Waals surface area contributed by atoms with Gasteiger partial charge in [0.1, 0.15) is 18.8 Å². The van der Waals surface area contributed by atoms with Crippen molar-refractivity contribution in [3.63, 3.8) is 0 Å². The number of rotatable bonds is 4. The summed E-state index contributed by atoms with van der Waals surface area (Å²) in [7, 11) is -5.84. The normalized spacial score (nSPS) is 14.6. The molecule has 8 heteroatoms. The Bertz CT molecular complexity index is 581. The molecule has 0 atom stereocenters. The lowest BCUT2D eigenvalue weighted by molar-refractivity contribution is 0.0778. The molecule has 1 heterocycles. The smallest absolute Gasteiger partial charge is 0.252 e. The summed E-state index contributed by atoms with van der Waals surface area (Å²) in [6.07, 6.45) is 0. The van der Waals surface area contributed by atoms with Crippen molar-refractivity contribution >= 4 is 29.6 Å². The highest BCUT2D eigenvalue weighted by Crippen LogP contribution is 2.35. The van der Waals surface area contributed by atoms with Gasteiger partial charge in [0.25, 0.3) is 10.0 Å². The number of sulfonamides is 1. The molecule has 0 bridgehead atoms. The van der Waals surface area contributed by atoms with Gasteiger partial charge in [0, 0.05) is 5.38 Å².